The van der Waals surface area contributed by atoms with Crippen molar-refractivity contribution >= 4 is 18.0 Å². The van der Waals surface area contributed by atoms with Crippen LogP contribution in [0.3, 0.4) is 0 Å². The van der Waals surface area contributed by atoms with Crippen molar-refractivity contribution in [1.29, 1.82) is 0 Å². The zero-order chi connectivity index (χ0) is 24.0. The highest BCUT2D eigenvalue weighted by Gasteiger charge is 2.31. The first-order chi connectivity index (χ1) is 15.8. The van der Waals surface area contributed by atoms with Gasteiger partial charge >= 0.3 is 12.1 Å². The maximum atomic E-state index is 12.6. The van der Waals surface area contributed by atoms with Gasteiger partial charge in [0.05, 0.1) is 0 Å². The lowest BCUT2D eigenvalue weighted by molar-refractivity contribution is -0.143. The molecule has 7 nitrogen and oxygen atoms in total. The van der Waals surface area contributed by atoms with Crippen molar-refractivity contribution < 1.29 is 33.0 Å². The maximum Gasteiger partial charge on any atom is 0.407 e. The Morgan fingerprint density at radius 1 is 1.00 bits per heavy atom. The van der Waals surface area contributed by atoms with Crippen LogP contribution in [0.5, 0.6) is 0 Å². The zero-order valence-corrected chi connectivity index (χ0v) is 17.5. The van der Waals surface area contributed by atoms with Crippen molar-refractivity contribution in [3.63, 3.8) is 0 Å². The molecule has 2 amide bonds. The second kappa shape index (κ2) is 10.6. The smallest absolute Gasteiger partial charge is 0.407 e. The number of rotatable bonds is 9. The number of ether oxygens (including phenoxy) is 1. The number of nitrogens with one attached hydrogen (secondary N) is 2. The number of amides is 2. The number of alkyl halides is 2. The highest BCUT2D eigenvalue weighted by atomic mass is 19.3. The summed E-state index contributed by atoms with van der Waals surface area (Å²) in [5.41, 5.74) is 4.09. The summed E-state index contributed by atoms with van der Waals surface area (Å²) < 4.78 is 30.5. The van der Waals surface area contributed by atoms with Crippen molar-refractivity contribution in [2.24, 2.45) is 0 Å². The molecule has 0 heterocycles. The monoisotopic (exact) mass is 456 g/mol. The van der Waals surface area contributed by atoms with Crippen LogP contribution in [0.2, 0.25) is 0 Å². The Balaban J connectivity index is 1.64. The summed E-state index contributed by atoms with van der Waals surface area (Å²) in [5.74, 6) is -0.622. The van der Waals surface area contributed by atoms with Crippen molar-refractivity contribution in [2.75, 3.05) is 6.61 Å². The molecule has 0 radical (unpaired) electrons. The molecule has 2 atom stereocenters. The minimum Gasteiger partial charge on any atom is -0.480 e. The van der Waals surface area contributed by atoms with E-state index in [9.17, 15) is 23.2 Å². The van der Waals surface area contributed by atoms with Crippen molar-refractivity contribution in [3.8, 4) is 23.5 Å². The molecule has 9 heteroatoms. The lowest BCUT2D eigenvalue weighted by Gasteiger charge is -2.20. The molecule has 2 aromatic carbocycles. The fourth-order valence-electron chi connectivity index (χ4n) is 3.78. The van der Waals surface area contributed by atoms with Gasteiger partial charge in [0, 0.05) is 18.8 Å². The molecule has 3 rings (SSSR count). The number of carboxylic acids is 1. The zero-order valence-electron chi connectivity index (χ0n) is 17.5. The van der Waals surface area contributed by atoms with E-state index >= 15 is 0 Å². The van der Waals surface area contributed by atoms with E-state index < -0.39 is 42.9 Å². The third-order valence-corrected chi connectivity index (χ3v) is 5.30. The van der Waals surface area contributed by atoms with E-state index in [4.69, 9.17) is 16.3 Å². The van der Waals surface area contributed by atoms with Crippen LogP contribution in [0, 0.1) is 12.3 Å². The van der Waals surface area contributed by atoms with Crippen LogP contribution in [-0.2, 0) is 14.3 Å². The van der Waals surface area contributed by atoms with Gasteiger partial charge in [0.25, 0.3) is 0 Å². The normalized spacial score (nSPS) is 13.9. The number of aliphatic carboxylic acids is 1. The third-order valence-electron chi connectivity index (χ3n) is 5.30. The average Bonchev–Trinajstić information content (AvgIpc) is 3.10. The summed E-state index contributed by atoms with van der Waals surface area (Å²) >= 11 is 0. The number of carboxylic acid groups (broad SMARTS) is 1. The minimum absolute atomic E-state index is 0.00656. The topological polar surface area (TPSA) is 105 Å². The van der Waals surface area contributed by atoms with Crippen LogP contribution in [-0.4, -0.2) is 48.2 Å². The SMILES string of the molecule is C#CCC(NC(=O)OCC1c2ccccc2-c2ccccc21)C(=O)NC(CC(F)F)C(=O)O. The molecule has 172 valence electrons. The number of halogens is 2. The molecule has 0 saturated heterocycles. The minimum atomic E-state index is -2.94. The Hall–Kier alpha value is -3.93. The van der Waals surface area contributed by atoms with Gasteiger partial charge in [0.15, 0.2) is 0 Å². The summed E-state index contributed by atoms with van der Waals surface area (Å²) in [7, 11) is 0. The highest BCUT2D eigenvalue weighted by molar-refractivity contribution is 5.89. The van der Waals surface area contributed by atoms with Crippen LogP contribution in [0.25, 0.3) is 11.1 Å². The van der Waals surface area contributed by atoms with Crippen LogP contribution >= 0.6 is 0 Å². The van der Waals surface area contributed by atoms with E-state index in [1.54, 1.807) is 0 Å². The second-order valence-corrected chi connectivity index (χ2v) is 7.46. The predicted octanol–water partition coefficient (Wildman–Crippen LogP) is 3.14. The number of hydrogen-bond acceptors (Lipinski definition) is 4. The quantitative estimate of drug-likeness (QED) is 0.503. The van der Waals surface area contributed by atoms with Crippen molar-refractivity contribution in [1.82, 2.24) is 10.6 Å². The molecule has 0 saturated carbocycles. The average molecular weight is 456 g/mol. The van der Waals surface area contributed by atoms with Crippen molar-refractivity contribution in [3.05, 3.63) is 59.7 Å². The highest BCUT2D eigenvalue weighted by Crippen LogP contribution is 2.44. The number of carbonyl (C=O) groups is 3. The Morgan fingerprint density at radius 2 is 1.58 bits per heavy atom. The largest absolute Gasteiger partial charge is 0.480 e. The predicted molar refractivity (Wildman–Crippen MR) is 116 cm³/mol. The van der Waals surface area contributed by atoms with Gasteiger partial charge in [-0.2, -0.15) is 0 Å². The van der Waals surface area contributed by atoms with Gasteiger partial charge in [-0.25, -0.2) is 18.4 Å². The van der Waals surface area contributed by atoms with Gasteiger partial charge in [-0.1, -0.05) is 48.5 Å². The van der Waals surface area contributed by atoms with E-state index in [0.29, 0.717) is 0 Å². The van der Waals surface area contributed by atoms with Gasteiger partial charge in [-0.3, -0.25) is 4.79 Å². The van der Waals surface area contributed by atoms with E-state index in [1.165, 1.54) is 0 Å². The summed E-state index contributed by atoms with van der Waals surface area (Å²) in [4.78, 5) is 35.9. The standard InChI is InChI=1S/C24H22F2N2O5/c1-2-7-19(22(29)27-20(23(30)31)12-21(25)26)28-24(32)33-13-18-16-10-5-3-8-14(16)15-9-4-6-11-17(15)18/h1,3-6,8-11,18-21H,7,12-13H2,(H,27,29)(H,28,32)(H,30,31). The molecule has 2 unspecified atom stereocenters. The van der Waals surface area contributed by atoms with Gasteiger partial charge < -0.3 is 20.5 Å². The lowest BCUT2D eigenvalue weighted by atomic mass is 9.98. The molecular formula is C24H22F2N2O5. The first-order valence-electron chi connectivity index (χ1n) is 10.2. The molecule has 0 fully saturated rings. The second-order valence-electron chi connectivity index (χ2n) is 7.46. The maximum absolute atomic E-state index is 12.6. The van der Waals surface area contributed by atoms with Crippen LogP contribution in [0.1, 0.15) is 29.9 Å². The molecule has 0 aliphatic heterocycles. The van der Waals surface area contributed by atoms with Gasteiger partial charge in [-0.05, 0) is 22.3 Å². The first-order valence-corrected chi connectivity index (χ1v) is 10.2. The fourth-order valence-corrected chi connectivity index (χ4v) is 3.78. The molecule has 0 bridgehead atoms. The number of alkyl carbamates (subject to hydrolysis) is 1. The molecular weight excluding hydrogens is 434 g/mol. The Bertz CT molecular complexity index is 1040. The molecule has 2 aromatic rings. The summed E-state index contributed by atoms with van der Waals surface area (Å²) in [6.07, 6.45) is 0.00575. The number of benzene rings is 2. The Labute approximate surface area is 189 Å². The van der Waals surface area contributed by atoms with Crippen molar-refractivity contribution in [2.45, 2.75) is 37.3 Å². The third kappa shape index (κ3) is 5.66. The Kier molecular flexibility index (Phi) is 7.61. The van der Waals surface area contributed by atoms with Gasteiger partial charge in [-0.15, -0.1) is 12.3 Å². The summed E-state index contributed by atoms with van der Waals surface area (Å²) in [6, 6.07) is 12.3. The Morgan fingerprint density at radius 3 is 2.09 bits per heavy atom. The van der Waals surface area contributed by atoms with E-state index in [2.05, 4.69) is 11.2 Å². The summed E-state index contributed by atoms with van der Waals surface area (Å²) in [5, 5.41) is 13.3. The summed E-state index contributed by atoms with van der Waals surface area (Å²) in [6.45, 7) is -0.00656. The molecule has 1 aliphatic rings. The van der Waals surface area contributed by atoms with E-state index in [0.717, 1.165) is 22.3 Å². The molecule has 33 heavy (non-hydrogen) atoms. The molecule has 0 aromatic heterocycles. The molecule has 3 N–H and O–H groups in total. The number of fused-ring (bicyclic) bond motifs is 3. The molecule has 0 spiro atoms. The van der Waals surface area contributed by atoms with Gasteiger partial charge in [0.2, 0.25) is 12.3 Å². The van der Waals surface area contributed by atoms with E-state index in [1.807, 2.05) is 53.8 Å². The first kappa shape index (κ1) is 23.7. The van der Waals surface area contributed by atoms with Crippen LogP contribution < -0.4 is 10.6 Å². The number of carbonyl (C=O) groups excluding carboxylic acids is 2. The van der Waals surface area contributed by atoms with E-state index in [-0.39, 0.29) is 18.9 Å². The number of hydrogen-bond donors (Lipinski definition) is 3. The fraction of sp³-hybridized carbons (Fsp3) is 0.292. The molecule has 1 aliphatic carbocycles. The van der Waals surface area contributed by atoms with Gasteiger partial charge in [0.1, 0.15) is 18.7 Å². The van der Waals surface area contributed by atoms with Crippen LogP contribution in [0.15, 0.2) is 48.5 Å². The van der Waals surface area contributed by atoms with Crippen LogP contribution in [0.4, 0.5) is 13.6 Å². The number of terminal acetylenes is 1. The lowest BCUT2D eigenvalue weighted by Crippen LogP contribution is -2.52.